The molecule has 5 rings (SSSR count). The van der Waals surface area contributed by atoms with Crippen molar-refractivity contribution in [1.82, 2.24) is 4.98 Å². The molecule has 0 unspecified atom stereocenters. The monoisotopic (exact) mass is 569 g/mol. The summed E-state index contributed by atoms with van der Waals surface area (Å²) in [7, 11) is 0. The Hall–Kier alpha value is -1.98. The predicted molar refractivity (Wildman–Crippen MR) is 137 cm³/mol. The van der Waals surface area contributed by atoms with Gasteiger partial charge in [0.05, 0.1) is 17.3 Å². The lowest BCUT2D eigenvalue weighted by atomic mass is 9.44. The van der Waals surface area contributed by atoms with Crippen LogP contribution in [0.3, 0.4) is 0 Å². The number of fused-ring (bicyclic) bond motifs is 5. The number of aliphatic hydroxyl groups is 1. The van der Waals surface area contributed by atoms with Crippen LogP contribution in [-0.4, -0.2) is 56.5 Å². The number of ketones is 1. The van der Waals surface area contributed by atoms with Crippen LogP contribution in [0.1, 0.15) is 55.4 Å². The number of carbonyl (C=O) groups excluding carboxylic acids is 3. The van der Waals surface area contributed by atoms with E-state index in [-0.39, 0.29) is 29.7 Å². The van der Waals surface area contributed by atoms with Crippen molar-refractivity contribution in [3.8, 4) is 0 Å². The summed E-state index contributed by atoms with van der Waals surface area (Å²) in [4.78, 5) is 43.3. The molecule has 11 heteroatoms. The average Bonchev–Trinajstić information content (AvgIpc) is 3.37. The summed E-state index contributed by atoms with van der Waals surface area (Å²) in [6, 6.07) is -1.05. The second-order valence-electron chi connectivity index (χ2n) is 11.4. The third-order valence-electron chi connectivity index (χ3n) is 9.84. The standard InChI is InChI=1S/C27H30F3NO5S2/c1-13-7-16-17-9-19(29)18-8-15(32)5-6-24(18,3)26(17,30)20(33)10-25(16,4)27(13,23(35)37-11-28)36-22(34)21-14(2)31-12-38-21/h5-6,8,12-13,16-17,19-20,33H,7,9-11H2,1-4H3/t13-,16+,17+,19+,20+,24+,25+,26-,27+/m1/s1. The Morgan fingerprint density at radius 1 is 1.29 bits per heavy atom. The number of hydrogen-bond donors (Lipinski definition) is 1. The molecule has 4 aliphatic rings. The van der Waals surface area contributed by atoms with E-state index in [1.807, 2.05) is 0 Å². The molecule has 4 aliphatic carbocycles. The normalized spacial score (nSPS) is 43.6. The molecule has 1 aromatic heterocycles. The molecular weight excluding hydrogens is 539 g/mol. The number of allylic oxidation sites excluding steroid dienone is 4. The average molecular weight is 570 g/mol. The number of esters is 1. The molecule has 38 heavy (non-hydrogen) atoms. The van der Waals surface area contributed by atoms with Gasteiger partial charge in [-0.25, -0.2) is 22.9 Å². The highest BCUT2D eigenvalue weighted by Crippen LogP contribution is 2.72. The maximum Gasteiger partial charge on any atom is 0.351 e. The first-order valence-electron chi connectivity index (χ1n) is 12.6. The van der Waals surface area contributed by atoms with Crippen LogP contribution >= 0.6 is 23.1 Å². The van der Waals surface area contributed by atoms with Crippen molar-refractivity contribution in [1.29, 1.82) is 0 Å². The fraction of sp³-hybridized carbons (Fsp3) is 0.630. The van der Waals surface area contributed by atoms with E-state index >= 15 is 8.78 Å². The lowest BCUT2D eigenvalue weighted by Gasteiger charge is -2.63. The number of rotatable bonds is 4. The summed E-state index contributed by atoms with van der Waals surface area (Å²) in [5.41, 5.74) is -5.23. The van der Waals surface area contributed by atoms with Crippen LogP contribution in [-0.2, 0) is 14.3 Å². The zero-order valence-corrected chi connectivity index (χ0v) is 23.1. The van der Waals surface area contributed by atoms with Crippen LogP contribution in [0.5, 0.6) is 0 Å². The minimum Gasteiger partial charge on any atom is -0.445 e. The number of ether oxygens (including phenoxy) is 1. The maximum absolute atomic E-state index is 17.4. The first-order valence-corrected chi connectivity index (χ1v) is 14.5. The molecule has 0 amide bonds. The third kappa shape index (κ3) is 3.36. The number of aliphatic hydroxyl groups excluding tert-OH is 1. The van der Waals surface area contributed by atoms with Gasteiger partial charge in [-0.2, -0.15) is 0 Å². The summed E-state index contributed by atoms with van der Waals surface area (Å²) in [6.07, 6.45) is -0.0246. The van der Waals surface area contributed by atoms with Crippen molar-refractivity contribution in [2.45, 2.75) is 70.5 Å². The molecule has 3 fully saturated rings. The molecule has 3 saturated carbocycles. The summed E-state index contributed by atoms with van der Waals surface area (Å²) < 4.78 is 52.7. The minimum absolute atomic E-state index is 0.000119. The van der Waals surface area contributed by atoms with E-state index in [0.29, 0.717) is 17.5 Å². The highest BCUT2D eigenvalue weighted by Gasteiger charge is 2.78. The molecule has 0 spiro atoms. The van der Waals surface area contributed by atoms with Gasteiger partial charge in [-0.3, -0.25) is 9.59 Å². The topological polar surface area (TPSA) is 93.6 Å². The third-order valence-corrected chi connectivity index (χ3v) is 11.4. The lowest BCUT2D eigenvalue weighted by molar-refractivity contribution is -0.221. The van der Waals surface area contributed by atoms with Gasteiger partial charge in [0, 0.05) is 22.7 Å². The quantitative estimate of drug-likeness (QED) is 0.505. The summed E-state index contributed by atoms with van der Waals surface area (Å²) in [6.45, 7) is 6.48. The molecule has 0 saturated heterocycles. The van der Waals surface area contributed by atoms with Gasteiger partial charge in [0.15, 0.2) is 17.1 Å². The van der Waals surface area contributed by atoms with E-state index in [2.05, 4.69) is 4.98 Å². The fourth-order valence-electron chi connectivity index (χ4n) is 8.06. The summed E-state index contributed by atoms with van der Waals surface area (Å²) >= 11 is 1.42. The Bertz CT molecular complexity index is 1270. The van der Waals surface area contributed by atoms with Crippen LogP contribution in [0.15, 0.2) is 29.3 Å². The van der Waals surface area contributed by atoms with Crippen molar-refractivity contribution in [2.75, 3.05) is 6.01 Å². The maximum atomic E-state index is 17.4. The van der Waals surface area contributed by atoms with Crippen molar-refractivity contribution >= 4 is 40.0 Å². The van der Waals surface area contributed by atoms with E-state index < -0.39 is 75.0 Å². The van der Waals surface area contributed by atoms with E-state index in [1.165, 1.54) is 24.6 Å². The first kappa shape index (κ1) is 27.6. The number of hydrogen-bond acceptors (Lipinski definition) is 8. The SMILES string of the molecule is Cc1ncsc1C(=O)O[C@]1(C(=O)SCF)[C@H](C)C[C@H]2[C@@H]3C[C@H](F)C4=CC(=O)C=C[C@]4(C)[C@]3(F)[C@@H](O)C[C@@]21C. The zero-order valence-electron chi connectivity index (χ0n) is 21.5. The molecule has 6 nitrogen and oxygen atoms in total. The second-order valence-corrected chi connectivity index (χ2v) is 13.2. The van der Waals surface area contributed by atoms with Crippen LogP contribution in [0.2, 0.25) is 0 Å². The number of carbonyl (C=O) groups is 3. The van der Waals surface area contributed by atoms with Crippen molar-refractivity contribution in [3.63, 3.8) is 0 Å². The molecular formula is C27H30F3NO5S2. The minimum atomic E-state index is -2.34. The molecule has 0 aliphatic heterocycles. The van der Waals surface area contributed by atoms with E-state index in [4.69, 9.17) is 4.74 Å². The smallest absolute Gasteiger partial charge is 0.351 e. The fourth-order valence-corrected chi connectivity index (χ4v) is 9.53. The van der Waals surface area contributed by atoms with Gasteiger partial charge in [0.2, 0.25) is 5.12 Å². The highest BCUT2D eigenvalue weighted by molar-refractivity contribution is 8.13. The van der Waals surface area contributed by atoms with Crippen LogP contribution in [0.25, 0.3) is 0 Å². The van der Waals surface area contributed by atoms with E-state index in [0.717, 1.165) is 17.4 Å². The van der Waals surface area contributed by atoms with Crippen molar-refractivity contribution < 1.29 is 37.4 Å². The Morgan fingerprint density at radius 2 is 2.00 bits per heavy atom. The molecule has 0 radical (unpaired) electrons. The van der Waals surface area contributed by atoms with Crippen LogP contribution in [0, 0.1) is 35.5 Å². The lowest BCUT2D eigenvalue weighted by Crippen LogP contribution is -2.70. The highest BCUT2D eigenvalue weighted by atomic mass is 32.2. The number of thioether (sulfide) groups is 1. The number of thiazole rings is 1. The van der Waals surface area contributed by atoms with E-state index in [9.17, 15) is 23.9 Å². The number of nitrogens with zero attached hydrogens (tertiary/aromatic N) is 1. The number of alkyl halides is 3. The van der Waals surface area contributed by atoms with Gasteiger partial charge >= 0.3 is 5.97 Å². The number of aryl methyl sites for hydroxylation is 1. The Kier molecular flexibility index (Phi) is 6.55. The largest absolute Gasteiger partial charge is 0.445 e. The Morgan fingerprint density at radius 3 is 2.63 bits per heavy atom. The number of aromatic nitrogens is 1. The van der Waals surface area contributed by atoms with Gasteiger partial charge < -0.3 is 9.84 Å². The molecule has 0 aromatic carbocycles. The van der Waals surface area contributed by atoms with Gasteiger partial charge in [-0.15, -0.1) is 11.3 Å². The molecule has 0 bridgehead atoms. The van der Waals surface area contributed by atoms with Gasteiger partial charge in [0.25, 0.3) is 0 Å². The van der Waals surface area contributed by atoms with Gasteiger partial charge in [-0.05, 0) is 68.5 Å². The predicted octanol–water partition coefficient (Wildman–Crippen LogP) is 5.10. The first-order chi connectivity index (χ1) is 17.8. The number of halogens is 3. The van der Waals surface area contributed by atoms with Crippen molar-refractivity contribution in [2.24, 2.45) is 28.6 Å². The molecule has 1 aromatic rings. The Balaban J connectivity index is 1.64. The van der Waals surface area contributed by atoms with Gasteiger partial charge in [0.1, 0.15) is 17.1 Å². The van der Waals surface area contributed by atoms with Gasteiger partial charge in [-0.1, -0.05) is 19.9 Å². The molecule has 206 valence electrons. The van der Waals surface area contributed by atoms with Crippen LogP contribution < -0.4 is 0 Å². The second kappa shape index (κ2) is 9.02. The summed E-state index contributed by atoms with van der Waals surface area (Å²) in [5, 5.41) is 10.8. The van der Waals surface area contributed by atoms with Crippen molar-refractivity contribution in [3.05, 3.63) is 39.9 Å². The molecule has 1 N–H and O–H groups in total. The van der Waals surface area contributed by atoms with Crippen LogP contribution in [0.4, 0.5) is 13.2 Å². The molecule has 1 heterocycles. The van der Waals surface area contributed by atoms with E-state index in [1.54, 1.807) is 20.8 Å². The zero-order chi connectivity index (χ0) is 27.8. The Labute approximate surface area is 227 Å². The molecule has 9 atom stereocenters. The summed E-state index contributed by atoms with van der Waals surface area (Å²) in [5.74, 6) is -3.63.